The minimum Gasteiger partial charge on any atom is -0.477 e. The first kappa shape index (κ1) is 30.6. The molecule has 2 amide bonds. The predicted molar refractivity (Wildman–Crippen MR) is 167 cm³/mol. The lowest BCUT2D eigenvalue weighted by atomic mass is 10.1. The van der Waals surface area contributed by atoms with Crippen LogP contribution in [0.1, 0.15) is 11.1 Å². The fraction of sp³-hybridized carbons (Fsp3) is 0.188. The number of carbonyl (C=O) groups excluding carboxylic acids is 2. The molecule has 1 aliphatic heterocycles. The van der Waals surface area contributed by atoms with E-state index < -0.39 is 34.5 Å². The Balaban J connectivity index is 1.40. The summed E-state index contributed by atoms with van der Waals surface area (Å²) in [6, 6.07) is 29.8. The van der Waals surface area contributed by atoms with Gasteiger partial charge in [-0.05, 0) is 47.9 Å². The van der Waals surface area contributed by atoms with Crippen LogP contribution in [0.2, 0.25) is 10.0 Å². The highest BCUT2D eigenvalue weighted by atomic mass is 35.5. The highest BCUT2D eigenvalue weighted by molar-refractivity contribution is 7.89. The van der Waals surface area contributed by atoms with Gasteiger partial charge in [-0.3, -0.25) is 9.59 Å². The largest absolute Gasteiger partial charge is 0.477 e. The molecule has 0 aromatic heterocycles. The number of halogens is 2. The van der Waals surface area contributed by atoms with Crippen LogP contribution in [-0.2, 0) is 32.6 Å². The van der Waals surface area contributed by atoms with Gasteiger partial charge in [-0.25, -0.2) is 8.42 Å². The maximum atomic E-state index is 13.9. The maximum absolute atomic E-state index is 13.9. The van der Waals surface area contributed by atoms with Gasteiger partial charge in [0.1, 0.15) is 10.6 Å². The average Bonchev–Trinajstić information content (AvgIpc) is 3.03. The zero-order valence-corrected chi connectivity index (χ0v) is 25.4. The molecule has 0 spiro atoms. The second kappa shape index (κ2) is 13.6. The third-order valence-electron chi connectivity index (χ3n) is 6.99. The van der Waals surface area contributed by atoms with E-state index in [4.69, 9.17) is 27.9 Å². The van der Waals surface area contributed by atoms with Gasteiger partial charge in [-0.15, -0.1) is 0 Å². The number of anilines is 1. The number of amides is 2. The molecule has 0 unspecified atom stereocenters. The van der Waals surface area contributed by atoms with Crippen LogP contribution in [0.25, 0.3) is 0 Å². The van der Waals surface area contributed by atoms with Gasteiger partial charge in [-0.1, -0.05) is 96.0 Å². The van der Waals surface area contributed by atoms with E-state index in [-0.39, 0.29) is 28.0 Å². The Hall–Kier alpha value is -3.89. The molecule has 8 nitrogen and oxygen atoms in total. The summed E-state index contributed by atoms with van der Waals surface area (Å²) < 4.78 is 34.9. The smallest absolute Gasteiger partial charge is 0.263 e. The number of carbonyl (C=O) groups is 2. The van der Waals surface area contributed by atoms with Crippen LogP contribution in [-0.4, -0.2) is 50.3 Å². The molecule has 1 aliphatic rings. The fourth-order valence-corrected chi connectivity index (χ4v) is 6.87. The summed E-state index contributed by atoms with van der Waals surface area (Å²) >= 11 is 12.4. The molecule has 0 aliphatic carbocycles. The SMILES string of the molecule is O=C(NCc1ccccc1)[C@H]1CN(C(=O)CN(CCc2ccccc2)S(=O)(=O)c2cc(Cl)ccc2Cl)c2ccccc2O1. The maximum Gasteiger partial charge on any atom is 0.263 e. The Labute approximate surface area is 260 Å². The van der Waals surface area contributed by atoms with Gasteiger partial charge in [0.05, 0.1) is 23.8 Å². The summed E-state index contributed by atoms with van der Waals surface area (Å²) in [6.45, 7) is -0.291. The Morgan fingerprint density at radius 2 is 1.53 bits per heavy atom. The number of ether oxygens (including phenoxy) is 1. The third kappa shape index (κ3) is 7.37. The van der Waals surface area contributed by atoms with E-state index in [2.05, 4.69) is 5.32 Å². The first-order chi connectivity index (χ1) is 20.7. The molecule has 0 saturated carbocycles. The van der Waals surface area contributed by atoms with Crippen LogP contribution in [0.4, 0.5) is 5.69 Å². The fourth-order valence-electron chi connectivity index (χ4n) is 4.74. The Kier molecular flexibility index (Phi) is 9.67. The lowest BCUT2D eigenvalue weighted by Gasteiger charge is -2.35. The topological polar surface area (TPSA) is 96.0 Å². The molecule has 1 atom stereocenters. The summed E-state index contributed by atoms with van der Waals surface area (Å²) in [5.74, 6) is -0.569. The van der Waals surface area contributed by atoms with Gasteiger partial charge < -0.3 is 15.0 Å². The minimum atomic E-state index is -4.25. The van der Waals surface area contributed by atoms with Crippen molar-refractivity contribution in [1.29, 1.82) is 0 Å². The van der Waals surface area contributed by atoms with E-state index in [0.29, 0.717) is 24.4 Å². The van der Waals surface area contributed by atoms with E-state index in [1.165, 1.54) is 23.1 Å². The van der Waals surface area contributed by atoms with Gasteiger partial charge in [0, 0.05) is 18.1 Å². The number of para-hydroxylation sites is 2. The molecule has 0 radical (unpaired) electrons. The minimum absolute atomic E-state index is 0.00608. The molecule has 4 aromatic rings. The number of nitrogens with one attached hydrogen (secondary N) is 1. The van der Waals surface area contributed by atoms with Crippen LogP contribution >= 0.6 is 23.2 Å². The molecule has 5 rings (SSSR count). The summed E-state index contributed by atoms with van der Waals surface area (Å²) in [4.78, 5) is 28.3. The van der Waals surface area contributed by atoms with E-state index in [1.807, 2.05) is 60.7 Å². The number of fused-ring (bicyclic) bond motifs is 1. The highest BCUT2D eigenvalue weighted by Gasteiger charge is 2.36. The number of nitrogens with zero attached hydrogens (tertiary/aromatic N) is 2. The molecular weight excluding hydrogens is 609 g/mol. The number of sulfonamides is 1. The number of hydrogen-bond donors (Lipinski definition) is 1. The molecule has 1 N–H and O–H groups in total. The molecule has 4 aromatic carbocycles. The summed E-state index contributed by atoms with van der Waals surface area (Å²) in [7, 11) is -4.25. The van der Waals surface area contributed by atoms with Gasteiger partial charge in [0.15, 0.2) is 6.10 Å². The number of rotatable bonds is 10. The predicted octanol–water partition coefficient (Wildman–Crippen LogP) is 5.34. The third-order valence-corrected chi connectivity index (χ3v) is 9.55. The number of benzene rings is 4. The van der Waals surface area contributed by atoms with E-state index in [0.717, 1.165) is 15.4 Å². The van der Waals surface area contributed by atoms with Crippen LogP contribution in [0.5, 0.6) is 5.75 Å². The highest BCUT2D eigenvalue weighted by Crippen LogP contribution is 2.34. The lowest BCUT2D eigenvalue weighted by Crippen LogP contribution is -2.53. The quantitative estimate of drug-likeness (QED) is 0.253. The number of hydrogen-bond acceptors (Lipinski definition) is 5. The van der Waals surface area contributed by atoms with Crippen molar-refractivity contribution in [1.82, 2.24) is 9.62 Å². The zero-order valence-electron chi connectivity index (χ0n) is 23.0. The molecule has 222 valence electrons. The molecular formula is C32H29Cl2N3O5S. The Bertz CT molecular complexity index is 1700. The normalized spacial score (nSPS) is 14.6. The molecule has 0 fully saturated rings. The molecule has 43 heavy (non-hydrogen) atoms. The van der Waals surface area contributed by atoms with Crippen molar-refractivity contribution in [2.75, 3.05) is 24.5 Å². The second-order valence-electron chi connectivity index (χ2n) is 9.93. The molecule has 0 saturated heterocycles. The summed E-state index contributed by atoms with van der Waals surface area (Å²) in [5, 5.41) is 3.05. The van der Waals surface area contributed by atoms with Crippen molar-refractivity contribution < 1.29 is 22.7 Å². The molecule has 0 bridgehead atoms. The summed E-state index contributed by atoms with van der Waals surface area (Å²) in [6.07, 6.45) is -0.644. The van der Waals surface area contributed by atoms with E-state index >= 15 is 0 Å². The summed E-state index contributed by atoms with van der Waals surface area (Å²) in [5.41, 5.74) is 2.26. The van der Waals surface area contributed by atoms with Crippen LogP contribution in [0.15, 0.2) is 108 Å². The van der Waals surface area contributed by atoms with Crippen molar-refractivity contribution >= 4 is 50.7 Å². The van der Waals surface area contributed by atoms with Crippen LogP contribution in [0, 0.1) is 0 Å². The van der Waals surface area contributed by atoms with Crippen LogP contribution < -0.4 is 15.0 Å². The second-order valence-corrected chi connectivity index (χ2v) is 12.7. The van der Waals surface area contributed by atoms with Gasteiger partial charge in [0.2, 0.25) is 15.9 Å². The van der Waals surface area contributed by atoms with Gasteiger partial charge in [0.25, 0.3) is 5.91 Å². The van der Waals surface area contributed by atoms with Crippen LogP contribution in [0.3, 0.4) is 0 Å². The molecule has 1 heterocycles. The van der Waals surface area contributed by atoms with Crippen molar-refractivity contribution in [3.8, 4) is 5.75 Å². The average molecular weight is 639 g/mol. The first-order valence-corrected chi connectivity index (χ1v) is 15.8. The van der Waals surface area contributed by atoms with E-state index in [9.17, 15) is 18.0 Å². The zero-order chi connectivity index (χ0) is 30.4. The van der Waals surface area contributed by atoms with Gasteiger partial charge in [-0.2, -0.15) is 4.31 Å². The first-order valence-electron chi connectivity index (χ1n) is 13.6. The van der Waals surface area contributed by atoms with Gasteiger partial charge >= 0.3 is 0 Å². The monoisotopic (exact) mass is 637 g/mol. The molecule has 11 heteroatoms. The Morgan fingerprint density at radius 3 is 2.26 bits per heavy atom. The van der Waals surface area contributed by atoms with Crippen molar-refractivity contribution in [3.05, 3.63) is 124 Å². The lowest BCUT2D eigenvalue weighted by molar-refractivity contribution is -0.128. The van der Waals surface area contributed by atoms with Crippen molar-refractivity contribution in [2.45, 2.75) is 24.0 Å². The standard InChI is InChI=1S/C32H29Cl2N3O5S/c33-25-15-16-26(34)30(19-25)43(40,41)36(18-17-23-9-3-1-4-10-23)22-31(38)37-21-29(42-28-14-8-7-13-27(28)37)32(39)35-20-24-11-5-2-6-12-24/h1-16,19,29H,17-18,20-22H2,(H,35,39)/t29-/m1/s1. The Morgan fingerprint density at radius 1 is 0.884 bits per heavy atom. The van der Waals surface area contributed by atoms with Crippen molar-refractivity contribution in [2.24, 2.45) is 0 Å². The van der Waals surface area contributed by atoms with E-state index in [1.54, 1.807) is 24.3 Å². The van der Waals surface area contributed by atoms with Crippen molar-refractivity contribution in [3.63, 3.8) is 0 Å².